The number of esters is 1. The molecule has 0 N–H and O–H groups in total. The molecule has 5 heteroatoms. The summed E-state index contributed by atoms with van der Waals surface area (Å²) in [5.41, 5.74) is 0. The summed E-state index contributed by atoms with van der Waals surface area (Å²) in [6.07, 6.45) is 2.79. The van der Waals surface area contributed by atoms with Crippen LogP contribution in [0.2, 0.25) is 0 Å². The van der Waals surface area contributed by atoms with Crippen LogP contribution in [-0.2, 0) is 4.74 Å². The van der Waals surface area contributed by atoms with Crippen LogP contribution in [0.1, 0.15) is 16.1 Å². The van der Waals surface area contributed by atoms with Gasteiger partial charge in [0.05, 0.1) is 13.3 Å². The maximum absolute atomic E-state index is 11.1. The Hall–Kier alpha value is -1.10. The highest BCUT2D eigenvalue weighted by molar-refractivity contribution is 7.17. The van der Waals surface area contributed by atoms with Gasteiger partial charge in [0.15, 0.2) is 5.13 Å². The molecule has 1 saturated heterocycles. The minimum absolute atomic E-state index is 0.302. The van der Waals surface area contributed by atoms with Gasteiger partial charge < -0.3 is 9.64 Å². The van der Waals surface area contributed by atoms with Gasteiger partial charge in [0.1, 0.15) is 4.88 Å². The van der Waals surface area contributed by atoms with Gasteiger partial charge in [0, 0.05) is 13.1 Å². The quantitative estimate of drug-likeness (QED) is 0.668. The second-order valence-electron chi connectivity index (χ2n) is 2.84. The fourth-order valence-electron chi connectivity index (χ4n) is 1.11. The number of anilines is 1. The highest BCUT2D eigenvalue weighted by atomic mass is 32.1. The summed E-state index contributed by atoms with van der Waals surface area (Å²) in [5, 5.41) is 0.923. The number of nitrogens with zero attached hydrogens (tertiary/aromatic N) is 2. The standard InChI is InChI=1S/C8H10N2O2S/c1-12-7(11)6-5-9-8(13-6)10-3-2-4-10/h5H,2-4H2,1H3. The number of carbonyl (C=O) groups excluding carboxylic acids is 1. The normalized spacial score (nSPS) is 15.3. The summed E-state index contributed by atoms with van der Waals surface area (Å²) in [4.78, 5) is 18.0. The third-order valence-electron chi connectivity index (χ3n) is 2.01. The van der Waals surface area contributed by atoms with E-state index in [1.807, 2.05) is 0 Å². The van der Waals surface area contributed by atoms with Crippen molar-refractivity contribution in [2.24, 2.45) is 0 Å². The first-order chi connectivity index (χ1) is 6.31. The number of aromatic nitrogens is 1. The van der Waals surface area contributed by atoms with Crippen molar-refractivity contribution in [3.8, 4) is 0 Å². The lowest BCUT2D eigenvalue weighted by molar-refractivity contribution is 0.0606. The highest BCUT2D eigenvalue weighted by Gasteiger charge is 2.19. The van der Waals surface area contributed by atoms with E-state index in [2.05, 4.69) is 14.6 Å². The fourth-order valence-corrected chi connectivity index (χ4v) is 2.00. The zero-order chi connectivity index (χ0) is 9.26. The van der Waals surface area contributed by atoms with Crippen molar-refractivity contribution in [2.75, 3.05) is 25.1 Å². The monoisotopic (exact) mass is 198 g/mol. The molecule has 2 rings (SSSR count). The van der Waals surface area contributed by atoms with Crippen molar-refractivity contribution in [3.63, 3.8) is 0 Å². The Kier molecular flexibility index (Phi) is 2.18. The molecule has 0 bridgehead atoms. The van der Waals surface area contributed by atoms with E-state index in [9.17, 15) is 4.79 Å². The van der Waals surface area contributed by atoms with Gasteiger partial charge in [-0.25, -0.2) is 9.78 Å². The molecule has 0 spiro atoms. The third kappa shape index (κ3) is 1.51. The zero-order valence-electron chi connectivity index (χ0n) is 7.32. The number of methoxy groups -OCH3 is 1. The van der Waals surface area contributed by atoms with Gasteiger partial charge in [-0.15, -0.1) is 0 Å². The summed E-state index contributed by atoms with van der Waals surface area (Å²) in [6, 6.07) is 0. The molecule has 1 aliphatic heterocycles. The molecule has 0 saturated carbocycles. The number of rotatable bonds is 2. The van der Waals surface area contributed by atoms with Crippen molar-refractivity contribution in [1.29, 1.82) is 0 Å². The topological polar surface area (TPSA) is 42.4 Å². The maximum atomic E-state index is 11.1. The molecule has 0 aliphatic carbocycles. The molecular formula is C8H10N2O2S. The molecule has 70 valence electrons. The van der Waals surface area contributed by atoms with Gasteiger partial charge >= 0.3 is 5.97 Å². The number of ether oxygens (including phenoxy) is 1. The SMILES string of the molecule is COC(=O)c1cnc(N2CCC2)s1. The lowest BCUT2D eigenvalue weighted by Crippen LogP contribution is -2.36. The minimum Gasteiger partial charge on any atom is -0.465 e. The predicted octanol–water partition coefficient (Wildman–Crippen LogP) is 1.14. The number of hydrogen-bond acceptors (Lipinski definition) is 5. The van der Waals surface area contributed by atoms with Crippen LogP contribution in [0.3, 0.4) is 0 Å². The van der Waals surface area contributed by atoms with Crippen LogP contribution in [-0.4, -0.2) is 31.2 Å². The van der Waals surface area contributed by atoms with E-state index in [1.165, 1.54) is 24.9 Å². The molecule has 0 aromatic carbocycles. The van der Waals surface area contributed by atoms with E-state index in [-0.39, 0.29) is 5.97 Å². The van der Waals surface area contributed by atoms with Crippen molar-refractivity contribution in [2.45, 2.75) is 6.42 Å². The van der Waals surface area contributed by atoms with E-state index in [4.69, 9.17) is 0 Å². The van der Waals surface area contributed by atoms with Crippen LogP contribution in [0.4, 0.5) is 5.13 Å². The Balaban J connectivity index is 2.12. The molecule has 1 fully saturated rings. The highest BCUT2D eigenvalue weighted by Crippen LogP contribution is 2.26. The van der Waals surface area contributed by atoms with Gasteiger partial charge in [-0.3, -0.25) is 0 Å². The van der Waals surface area contributed by atoms with Gasteiger partial charge in [-0.2, -0.15) is 0 Å². The summed E-state index contributed by atoms with van der Waals surface area (Å²) >= 11 is 1.39. The van der Waals surface area contributed by atoms with E-state index < -0.39 is 0 Å². The van der Waals surface area contributed by atoms with E-state index in [1.54, 1.807) is 6.20 Å². The summed E-state index contributed by atoms with van der Waals surface area (Å²) in [6.45, 7) is 2.10. The van der Waals surface area contributed by atoms with Crippen LogP contribution in [0.15, 0.2) is 6.20 Å². The fraction of sp³-hybridized carbons (Fsp3) is 0.500. The van der Waals surface area contributed by atoms with Crippen molar-refractivity contribution in [3.05, 3.63) is 11.1 Å². The molecule has 0 atom stereocenters. The molecular weight excluding hydrogens is 188 g/mol. The number of thiazole rings is 1. The predicted molar refractivity (Wildman–Crippen MR) is 50.3 cm³/mol. The van der Waals surface area contributed by atoms with Crippen molar-refractivity contribution in [1.82, 2.24) is 4.98 Å². The van der Waals surface area contributed by atoms with Crippen molar-refractivity contribution >= 4 is 22.4 Å². The first kappa shape index (κ1) is 8.50. The Labute approximate surface area is 80.1 Å². The van der Waals surface area contributed by atoms with Gasteiger partial charge in [0.25, 0.3) is 0 Å². The molecule has 0 unspecified atom stereocenters. The first-order valence-corrected chi connectivity index (χ1v) is 4.92. The smallest absolute Gasteiger partial charge is 0.349 e. The third-order valence-corrected chi connectivity index (χ3v) is 3.04. The Bertz CT molecular complexity index is 320. The molecule has 1 aromatic heterocycles. The minimum atomic E-state index is -0.302. The zero-order valence-corrected chi connectivity index (χ0v) is 8.13. The molecule has 4 nitrogen and oxygen atoms in total. The molecule has 0 amide bonds. The first-order valence-electron chi connectivity index (χ1n) is 4.10. The second kappa shape index (κ2) is 3.33. The van der Waals surface area contributed by atoms with E-state index in [0.29, 0.717) is 4.88 Å². The average Bonchev–Trinajstić information content (AvgIpc) is 2.49. The van der Waals surface area contributed by atoms with Crippen molar-refractivity contribution < 1.29 is 9.53 Å². The summed E-state index contributed by atoms with van der Waals surface area (Å²) < 4.78 is 4.59. The molecule has 0 radical (unpaired) electrons. The largest absolute Gasteiger partial charge is 0.465 e. The molecule has 13 heavy (non-hydrogen) atoms. The molecule has 1 aromatic rings. The Morgan fingerprint density at radius 2 is 2.46 bits per heavy atom. The van der Waals surface area contributed by atoms with Gasteiger partial charge in [0.2, 0.25) is 0 Å². The van der Waals surface area contributed by atoms with Gasteiger partial charge in [-0.05, 0) is 6.42 Å². The van der Waals surface area contributed by atoms with Gasteiger partial charge in [-0.1, -0.05) is 11.3 Å². The number of carbonyl (C=O) groups is 1. The molecule has 1 aliphatic rings. The summed E-state index contributed by atoms with van der Waals surface area (Å²) in [7, 11) is 1.38. The van der Waals surface area contributed by atoms with Crippen LogP contribution in [0.25, 0.3) is 0 Å². The lowest BCUT2D eigenvalue weighted by Gasteiger charge is -2.30. The second-order valence-corrected chi connectivity index (χ2v) is 3.85. The van der Waals surface area contributed by atoms with Crippen LogP contribution in [0.5, 0.6) is 0 Å². The molecule has 2 heterocycles. The van der Waals surface area contributed by atoms with E-state index in [0.717, 1.165) is 18.2 Å². The average molecular weight is 198 g/mol. The van der Waals surface area contributed by atoms with Crippen LogP contribution in [0, 0.1) is 0 Å². The maximum Gasteiger partial charge on any atom is 0.349 e. The number of hydrogen-bond donors (Lipinski definition) is 0. The van der Waals surface area contributed by atoms with Crippen LogP contribution < -0.4 is 4.90 Å². The lowest BCUT2D eigenvalue weighted by atomic mass is 10.2. The summed E-state index contributed by atoms with van der Waals surface area (Å²) in [5.74, 6) is -0.302. The van der Waals surface area contributed by atoms with Crippen LogP contribution >= 0.6 is 11.3 Å². The Morgan fingerprint density at radius 3 is 3.00 bits per heavy atom. The van der Waals surface area contributed by atoms with E-state index >= 15 is 0 Å². The Morgan fingerprint density at radius 1 is 1.69 bits per heavy atom.